The van der Waals surface area contributed by atoms with E-state index in [4.69, 9.17) is 4.52 Å². The molecule has 1 aromatic heterocycles. The minimum atomic E-state index is -3.78. The number of sulfonamides is 2. The van der Waals surface area contributed by atoms with Crippen molar-refractivity contribution in [2.75, 3.05) is 39.0 Å². The summed E-state index contributed by atoms with van der Waals surface area (Å²) >= 11 is 0. The average molecular weight is 451 g/mol. The molecule has 1 N–H and O–H groups in total. The fraction of sp³-hybridized carbons (Fsp3) is 0.765. The van der Waals surface area contributed by atoms with Crippen LogP contribution in [0.15, 0.2) is 9.42 Å². The van der Waals surface area contributed by atoms with Gasteiger partial charge in [-0.1, -0.05) is 12.1 Å². The van der Waals surface area contributed by atoms with Crippen LogP contribution in [0.4, 0.5) is 0 Å². The Labute approximate surface area is 172 Å². The fourth-order valence-electron chi connectivity index (χ4n) is 3.52. The number of amides is 1. The predicted molar refractivity (Wildman–Crippen MR) is 107 cm³/mol. The van der Waals surface area contributed by atoms with Gasteiger partial charge in [0.25, 0.3) is 0 Å². The molecule has 1 saturated heterocycles. The zero-order valence-corrected chi connectivity index (χ0v) is 19.0. The van der Waals surface area contributed by atoms with Crippen molar-refractivity contribution in [2.45, 2.75) is 44.9 Å². The Bertz CT molecular complexity index is 906. The van der Waals surface area contributed by atoms with Crippen molar-refractivity contribution < 1.29 is 26.2 Å². The molecular weight excluding hydrogens is 420 g/mol. The van der Waals surface area contributed by atoms with Crippen molar-refractivity contribution in [1.82, 2.24) is 19.1 Å². The molecule has 0 radical (unpaired) electrons. The Hall–Kier alpha value is -1.50. The molecule has 29 heavy (non-hydrogen) atoms. The van der Waals surface area contributed by atoms with E-state index in [2.05, 4.69) is 10.5 Å². The van der Waals surface area contributed by atoms with E-state index in [1.807, 2.05) is 0 Å². The second-order valence-electron chi connectivity index (χ2n) is 7.25. The van der Waals surface area contributed by atoms with Crippen LogP contribution in [0.25, 0.3) is 0 Å². The van der Waals surface area contributed by atoms with Crippen molar-refractivity contribution in [3.05, 3.63) is 11.5 Å². The van der Waals surface area contributed by atoms with Crippen LogP contribution >= 0.6 is 0 Å². The molecule has 0 aliphatic carbocycles. The number of hydrogen-bond acceptors (Lipinski definition) is 7. The minimum absolute atomic E-state index is 0.0685. The van der Waals surface area contributed by atoms with Gasteiger partial charge in [-0.05, 0) is 33.1 Å². The molecule has 0 spiro atoms. The Balaban J connectivity index is 1.93. The number of rotatable bonds is 9. The second kappa shape index (κ2) is 9.54. The van der Waals surface area contributed by atoms with E-state index < -0.39 is 26.0 Å². The summed E-state index contributed by atoms with van der Waals surface area (Å²) in [4.78, 5) is 12.6. The molecule has 2 heterocycles. The molecule has 10 nitrogen and oxygen atoms in total. The summed E-state index contributed by atoms with van der Waals surface area (Å²) in [6.07, 6.45) is 2.83. The van der Waals surface area contributed by atoms with Gasteiger partial charge in [-0.3, -0.25) is 4.79 Å². The topological polar surface area (TPSA) is 130 Å². The van der Waals surface area contributed by atoms with Crippen molar-refractivity contribution in [1.29, 1.82) is 0 Å². The quantitative estimate of drug-likeness (QED) is 0.542. The SMILES string of the molecule is CCN(CCCNC(=O)C1CCCN(S(=O)(=O)c2c(C)noc2C)C1)S(C)(=O)=O. The van der Waals surface area contributed by atoms with Crippen molar-refractivity contribution in [2.24, 2.45) is 5.92 Å². The molecule has 0 bridgehead atoms. The molecule has 2 rings (SSSR count). The zero-order valence-electron chi connectivity index (χ0n) is 17.3. The van der Waals surface area contributed by atoms with Crippen molar-refractivity contribution in [3.8, 4) is 0 Å². The largest absolute Gasteiger partial charge is 0.360 e. The first-order valence-electron chi connectivity index (χ1n) is 9.64. The van der Waals surface area contributed by atoms with Crippen LogP contribution in [0.5, 0.6) is 0 Å². The van der Waals surface area contributed by atoms with Gasteiger partial charge in [0.05, 0.1) is 12.2 Å². The maximum Gasteiger partial charge on any atom is 0.248 e. The number of aryl methyl sites for hydroxylation is 2. The average Bonchev–Trinajstić information content (AvgIpc) is 2.99. The molecule has 12 heteroatoms. The van der Waals surface area contributed by atoms with Crippen LogP contribution in [0.3, 0.4) is 0 Å². The third kappa shape index (κ3) is 5.77. The molecule has 1 aliphatic heterocycles. The van der Waals surface area contributed by atoms with Gasteiger partial charge in [0, 0.05) is 32.7 Å². The third-order valence-corrected chi connectivity index (χ3v) is 8.51. The van der Waals surface area contributed by atoms with E-state index in [1.54, 1.807) is 20.8 Å². The number of piperidine rings is 1. The van der Waals surface area contributed by atoms with Gasteiger partial charge in [0.1, 0.15) is 10.6 Å². The van der Waals surface area contributed by atoms with Crippen molar-refractivity contribution >= 4 is 26.0 Å². The highest BCUT2D eigenvalue weighted by Gasteiger charge is 2.36. The summed E-state index contributed by atoms with van der Waals surface area (Å²) in [5.74, 6) is -0.428. The van der Waals surface area contributed by atoms with E-state index in [-0.39, 0.29) is 23.1 Å². The van der Waals surface area contributed by atoms with Gasteiger partial charge in [0.15, 0.2) is 5.76 Å². The smallest absolute Gasteiger partial charge is 0.248 e. The fourth-order valence-corrected chi connectivity index (χ4v) is 6.26. The van der Waals surface area contributed by atoms with Crippen molar-refractivity contribution in [3.63, 3.8) is 0 Å². The normalized spacial score (nSPS) is 18.9. The molecule has 1 unspecified atom stereocenters. The molecule has 1 atom stereocenters. The molecular formula is C17H30N4O6S2. The molecule has 1 aromatic rings. The first kappa shape index (κ1) is 23.8. The summed E-state index contributed by atoms with van der Waals surface area (Å²) in [5, 5.41) is 6.51. The van der Waals surface area contributed by atoms with Gasteiger partial charge < -0.3 is 9.84 Å². The number of carbonyl (C=O) groups is 1. The van der Waals surface area contributed by atoms with E-state index >= 15 is 0 Å². The van der Waals surface area contributed by atoms with Gasteiger partial charge in [0.2, 0.25) is 26.0 Å². The van der Waals surface area contributed by atoms with E-state index in [9.17, 15) is 21.6 Å². The van der Waals surface area contributed by atoms with Gasteiger partial charge >= 0.3 is 0 Å². The summed E-state index contributed by atoms with van der Waals surface area (Å²) < 4.78 is 56.7. The number of nitrogens with one attached hydrogen (secondary N) is 1. The molecule has 1 amide bonds. The van der Waals surface area contributed by atoms with Crippen LogP contribution in [0.2, 0.25) is 0 Å². The number of nitrogens with zero attached hydrogens (tertiary/aromatic N) is 3. The van der Waals surface area contributed by atoms with Crippen LogP contribution in [0.1, 0.15) is 37.6 Å². The van der Waals surface area contributed by atoms with Gasteiger partial charge in [-0.2, -0.15) is 4.31 Å². The highest BCUT2D eigenvalue weighted by Crippen LogP contribution is 2.27. The zero-order chi connectivity index (χ0) is 21.8. The van der Waals surface area contributed by atoms with Gasteiger partial charge in [-0.15, -0.1) is 0 Å². The summed E-state index contributed by atoms with van der Waals surface area (Å²) in [5.41, 5.74) is 0.306. The number of aromatic nitrogens is 1. The lowest BCUT2D eigenvalue weighted by molar-refractivity contribution is -0.126. The second-order valence-corrected chi connectivity index (χ2v) is 11.1. The first-order valence-corrected chi connectivity index (χ1v) is 12.9. The van der Waals surface area contributed by atoms with Crippen LogP contribution in [-0.2, 0) is 24.8 Å². The maximum absolute atomic E-state index is 13.0. The lowest BCUT2D eigenvalue weighted by Crippen LogP contribution is -2.46. The summed E-state index contributed by atoms with van der Waals surface area (Å²) in [6, 6.07) is 0. The number of hydrogen-bond donors (Lipinski definition) is 1. The van der Waals surface area contributed by atoms with Gasteiger partial charge in [-0.25, -0.2) is 21.1 Å². The van der Waals surface area contributed by atoms with E-state index in [1.165, 1.54) is 8.61 Å². The van der Waals surface area contributed by atoms with Crippen LogP contribution < -0.4 is 5.32 Å². The van der Waals surface area contributed by atoms with Crippen LogP contribution in [-0.4, -0.2) is 75.5 Å². The Morgan fingerprint density at radius 2 is 2.00 bits per heavy atom. The Morgan fingerprint density at radius 1 is 1.31 bits per heavy atom. The van der Waals surface area contributed by atoms with Crippen LogP contribution in [0, 0.1) is 19.8 Å². The standard InChI is InChI=1S/C17H30N4O6S2/c1-5-20(28(4,23)24)11-7-9-18-17(22)15-8-6-10-21(12-15)29(25,26)16-13(2)19-27-14(16)3/h15H,5-12H2,1-4H3,(H,18,22). The minimum Gasteiger partial charge on any atom is -0.360 e. The third-order valence-electron chi connectivity index (χ3n) is 5.03. The first-order chi connectivity index (χ1) is 13.5. The predicted octanol–water partition coefficient (Wildman–Crippen LogP) is 0.480. The lowest BCUT2D eigenvalue weighted by atomic mass is 9.99. The Kier molecular flexibility index (Phi) is 7.82. The highest BCUT2D eigenvalue weighted by molar-refractivity contribution is 7.89. The summed E-state index contributed by atoms with van der Waals surface area (Å²) in [6.45, 7) is 6.37. The molecule has 0 aromatic carbocycles. The molecule has 166 valence electrons. The highest BCUT2D eigenvalue weighted by atomic mass is 32.2. The molecule has 1 aliphatic rings. The molecule has 1 fully saturated rings. The molecule has 0 saturated carbocycles. The number of carbonyl (C=O) groups excluding carboxylic acids is 1. The lowest BCUT2D eigenvalue weighted by Gasteiger charge is -2.31. The maximum atomic E-state index is 13.0. The van der Waals surface area contributed by atoms with E-state index in [0.29, 0.717) is 51.1 Å². The monoisotopic (exact) mass is 450 g/mol. The summed E-state index contributed by atoms with van der Waals surface area (Å²) in [7, 11) is -7.03. The Morgan fingerprint density at radius 3 is 2.55 bits per heavy atom. The van der Waals surface area contributed by atoms with E-state index in [0.717, 1.165) is 6.26 Å².